The van der Waals surface area contributed by atoms with Crippen LogP contribution in [0.2, 0.25) is 0 Å². The standard InChI is InChI=1S/C17H19NO3S/c1-20-15-9-8-14(10-16(15)21-2)22-12-17(19)18-11-13-6-4-3-5-7-13/h3-10H,11-12H2,1-2H3,(H,18,19). The monoisotopic (exact) mass is 317 g/mol. The average Bonchev–Trinajstić information content (AvgIpc) is 2.58. The molecule has 0 unspecified atom stereocenters. The maximum Gasteiger partial charge on any atom is 0.230 e. The Labute approximate surface area is 134 Å². The Morgan fingerprint density at radius 2 is 1.77 bits per heavy atom. The van der Waals surface area contributed by atoms with Crippen molar-refractivity contribution in [2.75, 3.05) is 20.0 Å². The topological polar surface area (TPSA) is 47.6 Å². The Morgan fingerprint density at radius 3 is 2.45 bits per heavy atom. The van der Waals surface area contributed by atoms with Gasteiger partial charge >= 0.3 is 0 Å². The van der Waals surface area contributed by atoms with Crippen molar-refractivity contribution in [1.29, 1.82) is 0 Å². The minimum atomic E-state index is 0.00337. The highest BCUT2D eigenvalue weighted by molar-refractivity contribution is 8.00. The summed E-state index contributed by atoms with van der Waals surface area (Å²) in [6.45, 7) is 0.548. The third-order valence-corrected chi connectivity index (χ3v) is 4.05. The summed E-state index contributed by atoms with van der Waals surface area (Å²) in [4.78, 5) is 12.8. The molecule has 0 aliphatic carbocycles. The lowest BCUT2D eigenvalue weighted by atomic mass is 10.2. The van der Waals surface area contributed by atoms with Crippen molar-refractivity contribution in [3.05, 3.63) is 54.1 Å². The fourth-order valence-electron chi connectivity index (χ4n) is 1.90. The zero-order valence-corrected chi connectivity index (χ0v) is 13.5. The zero-order chi connectivity index (χ0) is 15.8. The first kappa shape index (κ1) is 16.2. The molecule has 1 amide bonds. The Hall–Kier alpha value is -2.14. The summed E-state index contributed by atoms with van der Waals surface area (Å²) in [6.07, 6.45) is 0. The highest BCUT2D eigenvalue weighted by Crippen LogP contribution is 2.31. The molecule has 0 heterocycles. The van der Waals surface area contributed by atoms with Gasteiger partial charge in [0, 0.05) is 11.4 Å². The molecular formula is C17H19NO3S. The van der Waals surface area contributed by atoms with E-state index in [1.807, 2.05) is 48.5 Å². The summed E-state index contributed by atoms with van der Waals surface area (Å²) >= 11 is 1.46. The molecule has 0 aliphatic heterocycles. The fraction of sp³-hybridized carbons (Fsp3) is 0.235. The van der Waals surface area contributed by atoms with Gasteiger partial charge in [-0.25, -0.2) is 0 Å². The molecule has 0 aromatic heterocycles. The van der Waals surface area contributed by atoms with Crippen LogP contribution in [0.3, 0.4) is 0 Å². The van der Waals surface area contributed by atoms with Gasteiger partial charge in [0.2, 0.25) is 5.91 Å². The van der Waals surface area contributed by atoms with Gasteiger partial charge in [0.25, 0.3) is 0 Å². The van der Waals surface area contributed by atoms with Crippen molar-refractivity contribution in [1.82, 2.24) is 5.32 Å². The molecule has 22 heavy (non-hydrogen) atoms. The number of hydrogen-bond donors (Lipinski definition) is 1. The van der Waals surface area contributed by atoms with Gasteiger partial charge in [-0.1, -0.05) is 30.3 Å². The van der Waals surface area contributed by atoms with Gasteiger partial charge < -0.3 is 14.8 Å². The van der Waals surface area contributed by atoms with Crippen LogP contribution in [-0.4, -0.2) is 25.9 Å². The van der Waals surface area contributed by atoms with Crippen molar-refractivity contribution >= 4 is 17.7 Å². The van der Waals surface area contributed by atoms with E-state index in [-0.39, 0.29) is 5.91 Å². The first-order chi connectivity index (χ1) is 10.7. The van der Waals surface area contributed by atoms with Gasteiger partial charge in [-0.05, 0) is 23.8 Å². The number of hydrogen-bond acceptors (Lipinski definition) is 4. The summed E-state index contributed by atoms with van der Waals surface area (Å²) in [7, 11) is 3.20. The smallest absolute Gasteiger partial charge is 0.230 e. The van der Waals surface area contributed by atoms with Gasteiger partial charge in [0.15, 0.2) is 11.5 Å². The quantitative estimate of drug-likeness (QED) is 0.797. The highest BCUT2D eigenvalue weighted by Gasteiger charge is 2.07. The van der Waals surface area contributed by atoms with E-state index in [1.54, 1.807) is 14.2 Å². The fourth-order valence-corrected chi connectivity index (χ4v) is 2.66. The Balaban J connectivity index is 1.83. The number of ether oxygens (including phenoxy) is 2. The largest absolute Gasteiger partial charge is 0.493 e. The van der Waals surface area contributed by atoms with Gasteiger partial charge in [-0.15, -0.1) is 11.8 Å². The van der Waals surface area contributed by atoms with Crippen LogP contribution in [0.5, 0.6) is 11.5 Å². The first-order valence-corrected chi connectivity index (χ1v) is 7.87. The van der Waals surface area contributed by atoms with E-state index in [2.05, 4.69) is 5.32 Å². The normalized spacial score (nSPS) is 10.1. The second-order valence-electron chi connectivity index (χ2n) is 4.57. The van der Waals surface area contributed by atoms with Gasteiger partial charge in [-0.3, -0.25) is 4.79 Å². The van der Waals surface area contributed by atoms with Crippen LogP contribution in [0.25, 0.3) is 0 Å². The van der Waals surface area contributed by atoms with E-state index < -0.39 is 0 Å². The number of benzene rings is 2. The second kappa shape index (κ2) is 8.34. The second-order valence-corrected chi connectivity index (χ2v) is 5.62. The Bertz CT molecular complexity index is 617. The molecule has 0 spiro atoms. The van der Waals surface area contributed by atoms with Crippen LogP contribution >= 0.6 is 11.8 Å². The Morgan fingerprint density at radius 1 is 1.05 bits per heavy atom. The molecule has 1 N–H and O–H groups in total. The van der Waals surface area contributed by atoms with Crippen LogP contribution in [0.4, 0.5) is 0 Å². The molecule has 0 radical (unpaired) electrons. The molecule has 0 atom stereocenters. The van der Waals surface area contributed by atoms with Crippen LogP contribution < -0.4 is 14.8 Å². The van der Waals surface area contributed by atoms with Crippen molar-refractivity contribution < 1.29 is 14.3 Å². The lowest BCUT2D eigenvalue weighted by Crippen LogP contribution is -2.24. The summed E-state index contributed by atoms with van der Waals surface area (Å²) in [6, 6.07) is 15.5. The highest BCUT2D eigenvalue weighted by atomic mass is 32.2. The van der Waals surface area contributed by atoms with Gasteiger partial charge in [-0.2, -0.15) is 0 Å². The molecule has 0 aliphatic rings. The van der Waals surface area contributed by atoms with E-state index in [0.29, 0.717) is 23.8 Å². The van der Waals surface area contributed by atoms with Crippen molar-refractivity contribution in [3.63, 3.8) is 0 Å². The molecule has 5 heteroatoms. The Kier molecular flexibility index (Phi) is 6.15. The van der Waals surface area contributed by atoms with E-state index in [9.17, 15) is 4.79 Å². The average molecular weight is 317 g/mol. The number of thioether (sulfide) groups is 1. The van der Waals surface area contributed by atoms with E-state index >= 15 is 0 Å². The number of carbonyl (C=O) groups is 1. The molecule has 0 bridgehead atoms. The van der Waals surface area contributed by atoms with Crippen molar-refractivity contribution in [3.8, 4) is 11.5 Å². The number of rotatable bonds is 7. The van der Waals surface area contributed by atoms with Crippen LogP contribution in [0.15, 0.2) is 53.4 Å². The minimum absolute atomic E-state index is 0.00337. The minimum Gasteiger partial charge on any atom is -0.493 e. The van der Waals surface area contributed by atoms with Crippen molar-refractivity contribution in [2.24, 2.45) is 0 Å². The molecule has 4 nitrogen and oxygen atoms in total. The van der Waals surface area contributed by atoms with E-state index in [0.717, 1.165) is 10.5 Å². The first-order valence-electron chi connectivity index (χ1n) is 6.88. The van der Waals surface area contributed by atoms with Gasteiger partial charge in [0.1, 0.15) is 0 Å². The zero-order valence-electron chi connectivity index (χ0n) is 12.7. The summed E-state index contributed by atoms with van der Waals surface area (Å²) in [5, 5.41) is 2.90. The molecule has 2 aromatic rings. The number of methoxy groups -OCH3 is 2. The molecule has 2 aromatic carbocycles. The lowest BCUT2D eigenvalue weighted by Gasteiger charge is -2.09. The van der Waals surface area contributed by atoms with E-state index in [1.165, 1.54) is 11.8 Å². The predicted octanol–water partition coefficient (Wildman–Crippen LogP) is 3.11. The number of carbonyl (C=O) groups excluding carboxylic acids is 1. The lowest BCUT2D eigenvalue weighted by molar-refractivity contribution is -0.118. The maximum atomic E-state index is 11.9. The van der Waals surface area contributed by atoms with Crippen LogP contribution in [0, 0.1) is 0 Å². The third kappa shape index (κ3) is 4.70. The van der Waals surface area contributed by atoms with Gasteiger partial charge in [0.05, 0.1) is 20.0 Å². The third-order valence-electron chi connectivity index (χ3n) is 3.06. The predicted molar refractivity (Wildman–Crippen MR) is 88.6 cm³/mol. The molecule has 116 valence electrons. The summed E-state index contributed by atoms with van der Waals surface area (Å²) < 4.78 is 10.4. The van der Waals surface area contributed by atoms with E-state index in [4.69, 9.17) is 9.47 Å². The molecule has 0 saturated carbocycles. The summed E-state index contributed by atoms with van der Waals surface area (Å²) in [5.41, 5.74) is 1.09. The molecule has 0 saturated heterocycles. The van der Waals surface area contributed by atoms with Crippen LogP contribution in [0.1, 0.15) is 5.56 Å². The van der Waals surface area contributed by atoms with Crippen LogP contribution in [-0.2, 0) is 11.3 Å². The maximum absolute atomic E-state index is 11.9. The summed E-state index contributed by atoms with van der Waals surface area (Å²) in [5.74, 6) is 1.71. The van der Waals surface area contributed by atoms with Crippen molar-refractivity contribution in [2.45, 2.75) is 11.4 Å². The molecular weight excluding hydrogens is 298 g/mol. The SMILES string of the molecule is COc1ccc(SCC(=O)NCc2ccccc2)cc1OC. The number of amides is 1. The molecule has 0 fully saturated rings. The molecule has 2 rings (SSSR count). The number of nitrogens with one attached hydrogen (secondary N) is 1.